The predicted molar refractivity (Wildman–Crippen MR) is 86.5 cm³/mol. The Morgan fingerprint density at radius 1 is 1.35 bits per heavy atom. The number of benzene rings is 1. The summed E-state index contributed by atoms with van der Waals surface area (Å²) >= 11 is 0. The van der Waals surface area contributed by atoms with Crippen LogP contribution in [0.1, 0.15) is 36.9 Å². The summed E-state index contributed by atoms with van der Waals surface area (Å²) in [6.07, 6.45) is 2.21. The zero-order valence-corrected chi connectivity index (χ0v) is 14.0. The molecular weight excluding hydrogens is 292 g/mol. The van der Waals surface area contributed by atoms with E-state index in [0.717, 1.165) is 37.2 Å². The molecular formula is C18H24N2O3. The molecule has 5 heteroatoms. The molecule has 2 aliphatic heterocycles. The smallest absolute Gasteiger partial charge is 0.161 e. The lowest BCUT2D eigenvalue weighted by Crippen LogP contribution is -2.54. The fourth-order valence-corrected chi connectivity index (χ4v) is 4.04. The summed E-state index contributed by atoms with van der Waals surface area (Å²) in [4.78, 5) is 2.40. The molecule has 0 spiro atoms. The first-order valence-corrected chi connectivity index (χ1v) is 8.18. The fourth-order valence-electron chi connectivity index (χ4n) is 4.04. The van der Waals surface area contributed by atoms with Crippen molar-refractivity contribution in [2.24, 2.45) is 5.92 Å². The molecule has 0 amide bonds. The van der Waals surface area contributed by atoms with Crippen LogP contribution in [0.4, 0.5) is 0 Å². The van der Waals surface area contributed by atoms with Gasteiger partial charge in [-0.05, 0) is 36.1 Å². The number of nitriles is 1. The minimum atomic E-state index is -1.25. The summed E-state index contributed by atoms with van der Waals surface area (Å²) in [6.45, 7) is 3.75. The van der Waals surface area contributed by atoms with Crippen molar-refractivity contribution in [2.45, 2.75) is 37.8 Å². The highest BCUT2D eigenvalue weighted by atomic mass is 16.5. The molecule has 23 heavy (non-hydrogen) atoms. The van der Waals surface area contributed by atoms with Crippen LogP contribution in [0.25, 0.3) is 0 Å². The van der Waals surface area contributed by atoms with Crippen molar-refractivity contribution in [3.8, 4) is 17.6 Å². The summed E-state index contributed by atoms with van der Waals surface area (Å²) in [7, 11) is 3.27. The molecule has 1 aromatic carbocycles. The molecule has 2 aliphatic rings. The molecule has 5 nitrogen and oxygen atoms in total. The van der Waals surface area contributed by atoms with Gasteiger partial charge in [0.25, 0.3) is 0 Å². The quantitative estimate of drug-likeness (QED) is 0.867. The molecule has 1 fully saturated rings. The second kappa shape index (κ2) is 6.03. The number of piperidine rings is 1. The first-order chi connectivity index (χ1) is 11.1. The van der Waals surface area contributed by atoms with E-state index in [1.165, 1.54) is 5.56 Å². The maximum Gasteiger partial charge on any atom is 0.161 e. The maximum atomic E-state index is 10.8. The van der Waals surface area contributed by atoms with Gasteiger partial charge < -0.3 is 14.6 Å². The number of hydrogen-bond acceptors (Lipinski definition) is 5. The molecule has 0 bridgehead atoms. The van der Waals surface area contributed by atoms with E-state index in [-0.39, 0.29) is 12.0 Å². The standard InChI is InChI=1S/C18H24N2O3/c1-4-13-10-20-6-5-12-7-16(22-2)17(23-3)8-14(12)15(20)9-18(13,21)11-19/h7-8,13,15,21H,4-6,9-10H2,1-3H3/t13-,15-,18-/m0/s1. The number of rotatable bonds is 3. The van der Waals surface area contributed by atoms with Gasteiger partial charge in [0.05, 0.1) is 20.3 Å². The zero-order chi connectivity index (χ0) is 16.6. The summed E-state index contributed by atoms with van der Waals surface area (Å²) < 4.78 is 10.8. The summed E-state index contributed by atoms with van der Waals surface area (Å²) in [5.41, 5.74) is 1.12. The zero-order valence-electron chi connectivity index (χ0n) is 14.0. The average molecular weight is 316 g/mol. The Hall–Kier alpha value is -1.77. The Kier molecular flexibility index (Phi) is 4.22. The van der Waals surface area contributed by atoms with E-state index >= 15 is 0 Å². The van der Waals surface area contributed by atoms with E-state index < -0.39 is 5.60 Å². The van der Waals surface area contributed by atoms with Crippen molar-refractivity contribution in [3.05, 3.63) is 23.3 Å². The van der Waals surface area contributed by atoms with Gasteiger partial charge in [-0.25, -0.2) is 0 Å². The van der Waals surface area contributed by atoms with Crippen LogP contribution in [-0.4, -0.2) is 42.9 Å². The molecule has 1 N–H and O–H groups in total. The van der Waals surface area contributed by atoms with Crippen LogP contribution in [0.3, 0.4) is 0 Å². The average Bonchev–Trinajstić information content (AvgIpc) is 2.59. The lowest BCUT2D eigenvalue weighted by molar-refractivity contribution is -0.0608. The number of nitrogens with zero attached hydrogens (tertiary/aromatic N) is 2. The molecule has 1 aromatic rings. The molecule has 0 saturated carbocycles. The minimum absolute atomic E-state index is 0.00504. The normalized spacial score (nSPS) is 30.0. The van der Waals surface area contributed by atoms with Crippen molar-refractivity contribution in [2.75, 3.05) is 27.3 Å². The van der Waals surface area contributed by atoms with Gasteiger partial charge in [0.1, 0.15) is 0 Å². The summed E-state index contributed by atoms with van der Waals surface area (Å²) in [6, 6.07) is 6.27. The third-order valence-corrected chi connectivity index (χ3v) is 5.43. The topological polar surface area (TPSA) is 65.7 Å². The van der Waals surface area contributed by atoms with Crippen LogP contribution in [0.2, 0.25) is 0 Å². The molecule has 1 saturated heterocycles. The van der Waals surface area contributed by atoms with Crippen molar-refractivity contribution >= 4 is 0 Å². The van der Waals surface area contributed by atoms with Gasteiger partial charge in [-0.1, -0.05) is 6.92 Å². The van der Waals surface area contributed by atoms with Gasteiger partial charge in [-0.3, -0.25) is 4.90 Å². The van der Waals surface area contributed by atoms with Crippen LogP contribution in [0.15, 0.2) is 12.1 Å². The second-order valence-corrected chi connectivity index (χ2v) is 6.51. The number of ether oxygens (including phenoxy) is 2. The Balaban J connectivity index is 2.01. The molecule has 0 aromatic heterocycles. The van der Waals surface area contributed by atoms with Crippen LogP contribution in [0.5, 0.6) is 11.5 Å². The molecule has 3 atom stereocenters. The lowest BCUT2D eigenvalue weighted by atomic mass is 9.73. The monoisotopic (exact) mass is 316 g/mol. The van der Waals surface area contributed by atoms with E-state index in [2.05, 4.69) is 11.0 Å². The fraction of sp³-hybridized carbons (Fsp3) is 0.611. The highest BCUT2D eigenvalue weighted by molar-refractivity contribution is 5.50. The third kappa shape index (κ3) is 2.56. The molecule has 2 heterocycles. The van der Waals surface area contributed by atoms with Gasteiger partial charge in [0.2, 0.25) is 0 Å². The number of hydrogen-bond donors (Lipinski definition) is 1. The first kappa shape index (κ1) is 16.1. The Morgan fingerprint density at radius 2 is 2.04 bits per heavy atom. The highest BCUT2D eigenvalue weighted by Gasteiger charge is 2.47. The van der Waals surface area contributed by atoms with Gasteiger partial charge in [0, 0.05) is 31.5 Å². The van der Waals surface area contributed by atoms with Gasteiger partial charge in [0.15, 0.2) is 17.1 Å². The molecule has 0 radical (unpaired) electrons. The van der Waals surface area contributed by atoms with Crippen LogP contribution >= 0.6 is 0 Å². The van der Waals surface area contributed by atoms with E-state index in [1.54, 1.807) is 14.2 Å². The van der Waals surface area contributed by atoms with Crippen LogP contribution in [-0.2, 0) is 6.42 Å². The highest BCUT2D eigenvalue weighted by Crippen LogP contribution is 2.46. The van der Waals surface area contributed by atoms with E-state index in [4.69, 9.17) is 9.47 Å². The number of aliphatic hydroxyl groups is 1. The van der Waals surface area contributed by atoms with Crippen LogP contribution in [0, 0.1) is 17.2 Å². The van der Waals surface area contributed by atoms with Crippen molar-refractivity contribution < 1.29 is 14.6 Å². The lowest BCUT2D eigenvalue weighted by Gasteiger charge is -2.48. The second-order valence-electron chi connectivity index (χ2n) is 6.51. The summed E-state index contributed by atoms with van der Waals surface area (Å²) in [5, 5.41) is 20.3. The molecule has 3 rings (SSSR count). The Labute approximate surface area is 137 Å². The van der Waals surface area contributed by atoms with E-state index in [0.29, 0.717) is 12.2 Å². The van der Waals surface area contributed by atoms with Gasteiger partial charge >= 0.3 is 0 Å². The van der Waals surface area contributed by atoms with Gasteiger partial charge in [-0.2, -0.15) is 5.26 Å². The van der Waals surface area contributed by atoms with Crippen molar-refractivity contribution in [1.82, 2.24) is 4.90 Å². The van der Waals surface area contributed by atoms with E-state index in [1.807, 2.05) is 19.1 Å². The maximum absolute atomic E-state index is 10.8. The van der Waals surface area contributed by atoms with E-state index in [9.17, 15) is 10.4 Å². The Bertz CT molecular complexity index is 640. The predicted octanol–water partition coefficient (Wildman–Crippen LogP) is 2.29. The molecule has 0 unspecified atom stereocenters. The Morgan fingerprint density at radius 3 is 2.65 bits per heavy atom. The van der Waals surface area contributed by atoms with Gasteiger partial charge in [-0.15, -0.1) is 0 Å². The molecule has 124 valence electrons. The number of methoxy groups -OCH3 is 2. The summed E-state index contributed by atoms with van der Waals surface area (Å²) in [5.74, 6) is 1.44. The first-order valence-electron chi connectivity index (χ1n) is 8.18. The van der Waals surface area contributed by atoms with Crippen LogP contribution < -0.4 is 9.47 Å². The molecule has 0 aliphatic carbocycles. The van der Waals surface area contributed by atoms with Crippen molar-refractivity contribution in [3.63, 3.8) is 0 Å². The largest absolute Gasteiger partial charge is 0.493 e. The minimum Gasteiger partial charge on any atom is -0.493 e. The third-order valence-electron chi connectivity index (χ3n) is 5.43. The number of fused-ring (bicyclic) bond motifs is 3. The SMILES string of the molecule is CC[C@H]1CN2CCc3cc(OC)c(OC)cc3[C@@H]2C[C@]1(O)C#N. The van der Waals surface area contributed by atoms with Crippen molar-refractivity contribution in [1.29, 1.82) is 5.26 Å².